The average Bonchev–Trinajstić information content (AvgIpc) is 2.74. The Hall–Kier alpha value is -1.49. The highest BCUT2D eigenvalue weighted by Crippen LogP contribution is 2.11. The average molecular weight is 249 g/mol. The van der Waals surface area contributed by atoms with Crippen LogP contribution in [0.5, 0.6) is 0 Å². The van der Waals surface area contributed by atoms with Crippen LogP contribution in [0.15, 0.2) is 11.4 Å². The third-order valence-electron chi connectivity index (χ3n) is 2.49. The molecule has 0 atom stereocenters. The summed E-state index contributed by atoms with van der Waals surface area (Å²) >= 11 is 1.54. The van der Waals surface area contributed by atoms with E-state index in [1.165, 1.54) is 0 Å². The van der Waals surface area contributed by atoms with Crippen LogP contribution in [0.3, 0.4) is 0 Å². The lowest BCUT2D eigenvalue weighted by molar-refractivity contribution is -0.117. The molecule has 0 aliphatic heterocycles. The van der Waals surface area contributed by atoms with Gasteiger partial charge in [0.05, 0.1) is 12.1 Å². The molecule has 90 valence electrons. The van der Waals surface area contributed by atoms with Crippen molar-refractivity contribution in [2.75, 3.05) is 0 Å². The zero-order valence-electron chi connectivity index (χ0n) is 10.2. The van der Waals surface area contributed by atoms with Crippen molar-refractivity contribution in [3.63, 3.8) is 0 Å². The number of Topliss-reactive ketones (excluding diaryl/α,β-unsaturated/α-hetero) is 1. The summed E-state index contributed by atoms with van der Waals surface area (Å²) in [5, 5.41) is 7.09. The molecule has 5 heteroatoms. The molecule has 0 amide bonds. The highest BCUT2D eigenvalue weighted by molar-refractivity contribution is 7.09. The molecule has 0 bridgehead atoms. The molecule has 0 fully saturated rings. The minimum Gasteiger partial charge on any atom is -0.299 e. The van der Waals surface area contributed by atoms with E-state index in [-0.39, 0.29) is 5.78 Å². The van der Waals surface area contributed by atoms with E-state index in [0.29, 0.717) is 12.8 Å². The Bertz CT molecular complexity index is 542. The van der Waals surface area contributed by atoms with E-state index >= 15 is 0 Å². The number of aromatic nitrogens is 3. The fraction of sp³-hybridized carbons (Fsp3) is 0.417. The molecule has 2 rings (SSSR count). The zero-order valence-corrected chi connectivity index (χ0v) is 11.0. The Morgan fingerprint density at radius 1 is 1.35 bits per heavy atom. The Morgan fingerprint density at radius 3 is 2.65 bits per heavy atom. The number of hydrogen-bond acceptors (Lipinski definition) is 4. The molecule has 0 unspecified atom stereocenters. The summed E-state index contributed by atoms with van der Waals surface area (Å²) in [6.07, 6.45) is 0.846. The first-order valence-electron chi connectivity index (χ1n) is 5.47. The number of rotatable bonds is 4. The summed E-state index contributed by atoms with van der Waals surface area (Å²) < 4.78 is 1.76. The van der Waals surface area contributed by atoms with Crippen LogP contribution < -0.4 is 0 Å². The highest BCUT2D eigenvalue weighted by atomic mass is 32.1. The van der Waals surface area contributed by atoms with E-state index in [1.807, 2.05) is 32.3 Å². The van der Waals surface area contributed by atoms with Crippen LogP contribution >= 0.6 is 11.3 Å². The maximum absolute atomic E-state index is 11.9. The number of aryl methyl sites for hydroxylation is 3. The molecule has 0 aromatic carbocycles. The van der Waals surface area contributed by atoms with Crippen molar-refractivity contribution in [1.29, 1.82) is 0 Å². The van der Waals surface area contributed by atoms with Gasteiger partial charge in [-0.15, -0.1) is 11.3 Å². The molecule has 2 aromatic heterocycles. The monoisotopic (exact) mass is 249 g/mol. The molecule has 0 aliphatic carbocycles. The number of ketones is 1. The fourth-order valence-corrected chi connectivity index (χ4v) is 2.55. The molecule has 0 saturated carbocycles. The zero-order chi connectivity index (χ0) is 12.4. The minimum atomic E-state index is 0.183. The number of carbonyl (C=O) groups is 1. The van der Waals surface area contributed by atoms with Gasteiger partial charge in [-0.05, 0) is 19.9 Å². The van der Waals surface area contributed by atoms with Gasteiger partial charge in [0.2, 0.25) is 0 Å². The van der Waals surface area contributed by atoms with Crippen LogP contribution in [-0.2, 0) is 24.7 Å². The Kier molecular flexibility index (Phi) is 3.38. The molecule has 0 radical (unpaired) electrons. The Morgan fingerprint density at radius 2 is 2.12 bits per heavy atom. The molecule has 4 nitrogen and oxygen atoms in total. The Labute approximate surface area is 104 Å². The number of nitrogens with zero attached hydrogens (tertiary/aromatic N) is 3. The third kappa shape index (κ3) is 3.00. The van der Waals surface area contributed by atoms with Gasteiger partial charge in [-0.2, -0.15) is 5.10 Å². The van der Waals surface area contributed by atoms with Crippen molar-refractivity contribution in [3.8, 4) is 0 Å². The van der Waals surface area contributed by atoms with Gasteiger partial charge in [0, 0.05) is 30.2 Å². The highest BCUT2D eigenvalue weighted by Gasteiger charge is 2.11. The Balaban J connectivity index is 2.00. The van der Waals surface area contributed by atoms with Gasteiger partial charge in [-0.25, -0.2) is 4.98 Å². The number of thiazole rings is 1. The van der Waals surface area contributed by atoms with Gasteiger partial charge >= 0.3 is 0 Å². The topological polar surface area (TPSA) is 47.8 Å². The molecule has 0 spiro atoms. The van der Waals surface area contributed by atoms with Crippen LogP contribution in [0.2, 0.25) is 0 Å². The first kappa shape index (κ1) is 12.0. The number of hydrogen-bond donors (Lipinski definition) is 0. The van der Waals surface area contributed by atoms with Gasteiger partial charge in [0.25, 0.3) is 0 Å². The van der Waals surface area contributed by atoms with Crippen molar-refractivity contribution in [3.05, 3.63) is 33.5 Å². The summed E-state index contributed by atoms with van der Waals surface area (Å²) in [7, 11) is 1.86. The van der Waals surface area contributed by atoms with E-state index < -0.39 is 0 Å². The van der Waals surface area contributed by atoms with E-state index in [9.17, 15) is 4.79 Å². The summed E-state index contributed by atoms with van der Waals surface area (Å²) in [5.74, 6) is 0.183. The molecule has 17 heavy (non-hydrogen) atoms. The third-order valence-corrected chi connectivity index (χ3v) is 3.46. The maximum Gasteiger partial charge on any atom is 0.145 e. The molecule has 2 aromatic rings. The first-order chi connectivity index (χ1) is 8.04. The molecule has 2 heterocycles. The quantitative estimate of drug-likeness (QED) is 0.830. The number of carbonyl (C=O) groups excluding carboxylic acids is 1. The predicted molar refractivity (Wildman–Crippen MR) is 67.2 cm³/mol. The second-order valence-electron chi connectivity index (χ2n) is 4.18. The minimum absolute atomic E-state index is 0.183. The lowest BCUT2D eigenvalue weighted by Crippen LogP contribution is -2.09. The van der Waals surface area contributed by atoms with Crippen LogP contribution in [0.4, 0.5) is 0 Å². The van der Waals surface area contributed by atoms with Gasteiger partial charge in [0.1, 0.15) is 10.8 Å². The smallest absolute Gasteiger partial charge is 0.145 e. The second-order valence-corrected chi connectivity index (χ2v) is 5.12. The molecular formula is C12H15N3OS. The van der Waals surface area contributed by atoms with E-state index in [2.05, 4.69) is 10.1 Å². The standard InChI is InChI=1S/C12H15N3OS/c1-8-4-10(15(3)14-8)5-11(16)6-12-13-9(2)7-17-12/h4,7H,5-6H2,1-3H3. The summed E-state index contributed by atoms with van der Waals surface area (Å²) in [6, 6.07) is 1.95. The van der Waals surface area contributed by atoms with E-state index in [1.54, 1.807) is 16.0 Å². The first-order valence-corrected chi connectivity index (χ1v) is 6.35. The van der Waals surface area contributed by atoms with Crippen LogP contribution in [-0.4, -0.2) is 20.5 Å². The summed E-state index contributed by atoms with van der Waals surface area (Å²) in [5.41, 5.74) is 2.88. The maximum atomic E-state index is 11.9. The lowest BCUT2D eigenvalue weighted by Gasteiger charge is -1.99. The normalized spacial score (nSPS) is 10.8. The second kappa shape index (κ2) is 4.79. The lowest BCUT2D eigenvalue weighted by atomic mass is 10.1. The molecule has 0 aliphatic rings. The van der Waals surface area contributed by atoms with Crippen LogP contribution in [0.25, 0.3) is 0 Å². The largest absolute Gasteiger partial charge is 0.299 e. The van der Waals surface area contributed by atoms with Gasteiger partial charge in [-0.1, -0.05) is 0 Å². The van der Waals surface area contributed by atoms with Gasteiger partial charge in [0.15, 0.2) is 0 Å². The summed E-state index contributed by atoms with van der Waals surface area (Å²) in [6.45, 7) is 3.87. The van der Waals surface area contributed by atoms with Gasteiger partial charge < -0.3 is 0 Å². The van der Waals surface area contributed by atoms with Crippen molar-refractivity contribution >= 4 is 17.1 Å². The van der Waals surface area contributed by atoms with Crippen LogP contribution in [0.1, 0.15) is 22.1 Å². The molecule has 0 N–H and O–H groups in total. The molecule has 0 saturated heterocycles. The van der Waals surface area contributed by atoms with E-state index in [4.69, 9.17) is 0 Å². The van der Waals surface area contributed by atoms with E-state index in [0.717, 1.165) is 22.1 Å². The SMILES string of the molecule is Cc1csc(CC(=O)Cc2cc(C)nn2C)n1. The fourth-order valence-electron chi connectivity index (χ4n) is 1.75. The van der Waals surface area contributed by atoms with Crippen molar-refractivity contribution < 1.29 is 4.79 Å². The summed E-state index contributed by atoms with van der Waals surface area (Å²) in [4.78, 5) is 16.2. The van der Waals surface area contributed by atoms with Crippen molar-refractivity contribution in [1.82, 2.24) is 14.8 Å². The van der Waals surface area contributed by atoms with Crippen molar-refractivity contribution in [2.45, 2.75) is 26.7 Å². The predicted octanol–water partition coefficient (Wildman–Crippen LogP) is 1.85. The van der Waals surface area contributed by atoms with Gasteiger partial charge in [-0.3, -0.25) is 9.48 Å². The van der Waals surface area contributed by atoms with Crippen molar-refractivity contribution in [2.24, 2.45) is 7.05 Å². The molecular weight excluding hydrogens is 234 g/mol. The van der Waals surface area contributed by atoms with Crippen LogP contribution in [0, 0.1) is 13.8 Å².